The minimum absolute atomic E-state index is 0.0292. The molecule has 0 radical (unpaired) electrons. The van der Waals surface area contributed by atoms with Crippen LogP contribution in [0.25, 0.3) is 22.5 Å². The summed E-state index contributed by atoms with van der Waals surface area (Å²) in [6.07, 6.45) is 2.39. The monoisotopic (exact) mass is 415 g/mol. The van der Waals surface area contributed by atoms with Gasteiger partial charge in [0.05, 0.1) is 15.6 Å². The van der Waals surface area contributed by atoms with Crippen molar-refractivity contribution in [1.29, 1.82) is 0 Å². The number of benzene rings is 2. The van der Waals surface area contributed by atoms with E-state index in [0.29, 0.717) is 22.5 Å². The molecule has 2 heterocycles. The van der Waals surface area contributed by atoms with E-state index in [9.17, 15) is 18.9 Å². The summed E-state index contributed by atoms with van der Waals surface area (Å²) in [7, 11) is 0. The number of hydrogen-bond acceptors (Lipinski definition) is 4. The summed E-state index contributed by atoms with van der Waals surface area (Å²) in [6, 6.07) is 11.3. The summed E-state index contributed by atoms with van der Waals surface area (Å²) in [5, 5.41) is 19.6. The first-order valence-corrected chi connectivity index (χ1v) is 8.75. The van der Waals surface area contributed by atoms with Gasteiger partial charge >= 0.3 is 5.69 Å². The van der Waals surface area contributed by atoms with E-state index < -0.39 is 16.6 Å². The highest BCUT2D eigenvalue weighted by molar-refractivity contribution is 6.35. The summed E-state index contributed by atoms with van der Waals surface area (Å²) in [5.74, 6) is -0.802. The molecule has 0 N–H and O–H groups in total. The molecule has 0 atom stereocenters. The van der Waals surface area contributed by atoms with Gasteiger partial charge in [-0.25, -0.2) is 18.1 Å². The van der Waals surface area contributed by atoms with Crippen molar-refractivity contribution in [3.8, 4) is 22.5 Å². The average Bonchev–Trinajstić information content (AvgIpc) is 3.29. The molecule has 146 valence electrons. The van der Waals surface area contributed by atoms with Crippen LogP contribution in [0.5, 0.6) is 0 Å². The largest absolute Gasteiger partial charge is 0.307 e. The van der Waals surface area contributed by atoms with E-state index in [1.807, 2.05) is 0 Å². The van der Waals surface area contributed by atoms with Crippen molar-refractivity contribution < 1.29 is 13.7 Å². The molecule has 0 aliphatic rings. The van der Waals surface area contributed by atoms with Gasteiger partial charge in [-0.2, -0.15) is 10.2 Å². The number of aromatic nitrogens is 4. The normalized spacial score (nSPS) is 11.0. The van der Waals surface area contributed by atoms with Crippen molar-refractivity contribution in [3.05, 3.63) is 87.7 Å². The van der Waals surface area contributed by atoms with Gasteiger partial charge in [0, 0.05) is 11.1 Å². The third kappa shape index (κ3) is 3.72. The Bertz CT molecular complexity index is 1190. The highest BCUT2D eigenvalue weighted by Gasteiger charge is 2.20. The van der Waals surface area contributed by atoms with Crippen LogP contribution in [0.4, 0.5) is 14.5 Å². The Labute approximate surface area is 167 Å². The number of rotatable bonds is 5. The molecule has 10 heteroatoms. The van der Waals surface area contributed by atoms with Crippen LogP contribution >= 0.6 is 11.6 Å². The van der Waals surface area contributed by atoms with Gasteiger partial charge in [0.2, 0.25) is 0 Å². The van der Waals surface area contributed by atoms with E-state index in [2.05, 4.69) is 10.2 Å². The highest BCUT2D eigenvalue weighted by atomic mass is 35.5. The lowest BCUT2D eigenvalue weighted by Gasteiger charge is -2.08. The standard InChI is InChI=1S/C19H12ClF2N5O2/c20-17-18(12-1-5-14(21)6-2-12)24-26(11-25-10-16(9-23-25)27(28)29)19(17)13-3-7-15(22)8-4-13/h1-10H,11H2. The van der Waals surface area contributed by atoms with Crippen molar-refractivity contribution in [1.82, 2.24) is 19.6 Å². The highest BCUT2D eigenvalue weighted by Crippen LogP contribution is 2.36. The number of halogens is 3. The van der Waals surface area contributed by atoms with Crippen LogP contribution in [0.2, 0.25) is 5.02 Å². The number of nitrogens with zero attached hydrogens (tertiary/aromatic N) is 5. The molecule has 0 spiro atoms. The molecule has 2 aromatic heterocycles. The fourth-order valence-corrected chi connectivity index (χ4v) is 3.23. The predicted molar refractivity (Wildman–Crippen MR) is 102 cm³/mol. The van der Waals surface area contributed by atoms with Gasteiger partial charge in [0.15, 0.2) is 0 Å². The van der Waals surface area contributed by atoms with E-state index in [1.54, 1.807) is 24.3 Å². The predicted octanol–water partition coefficient (Wildman–Crippen LogP) is 4.76. The first-order chi connectivity index (χ1) is 13.9. The molecule has 0 amide bonds. The molecule has 0 saturated carbocycles. The van der Waals surface area contributed by atoms with E-state index in [0.717, 1.165) is 6.20 Å². The number of hydrogen-bond donors (Lipinski definition) is 0. The second kappa shape index (κ2) is 7.44. The zero-order chi connectivity index (χ0) is 20.5. The van der Waals surface area contributed by atoms with E-state index in [-0.39, 0.29) is 17.4 Å². The second-order valence-corrected chi connectivity index (χ2v) is 6.54. The van der Waals surface area contributed by atoms with Crippen LogP contribution < -0.4 is 0 Å². The molecule has 4 aromatic rings. The minimum atomic E-state index is -0.551. The van der Waals surface area contributed by atoms with Crippen molar-refractivity contribution in [2.24, 2.45) is 0 Å². The first kappa shape index (κ1) is 18.8. The van der Waals surface area contributed by atoms with Crippen molar-refractivity contribution in [3.63, 3.8) is 0 Å². The van der Waals surface area contributed by atoms with E-state index in [1.165, 1.54) is 39.8 Å². The maximum absolute atomic E-state index is 13.4. The fraction of sp³-hybridized carbons (Fsp3) is 0.0526. The van der Waals surface area contributed by atoms with E-state index in [4.69, 9.17) is 11.6 Å². The van der Waals surface area contributed by atoms with Crippen molar-refractivity contribution in [2.75, 3.05) is 0 Å². The van der Waals surface area contributed by atoms with Gasteiger partial charge in [-0.3, -0.25) is 10.1 Å². The Balaban J connectivity index is 1.83. The maximum atomic E-state index is 13.4. The molecule has 0 aliphatic carbocycles. The lowest BCUT2D eigenvalue weighted by Crippen LogP contribution is -2.11. The summed E-state index contributed by atoms with van der Waals surface area (Å²) >= 11 is 6.59. The molecular weight excluding hydrogens is 404 g/mol. The molecule has 0 unspecified atom stereocenters. The molecule has 0 bridgehead atoms. The van der Waals surface area contributed by atoms with Crippen LogP contribution in [0.15, 0.2) is 60.9 Å². The second-order valence-electron chi connectivity index (χ2n) is 6.16. The minimum Gasteiger partial charge on any atom is -0.258 e. The summed E-state index contributed by atoms with van der Waals surface area (Å²) in [4.78, 5) is 10.3. The Kier molecular flexibility index (Phi) is 4.81. The van der Waals surface area contributed by atoms with Crippen LogP contribution in [0.3, 0.4) is 0 Å². The Hall–Kier alpha value is -3.59. The summed E-state index contributed by atoms with van der Waals surface area (Å²) < 4.78 is 29.5. The van der Waals surface area contributed by atoms with Gasteiger partial charge in [-0.05, 0) is 48.5 Å². The molecular formula is C19H12ClF2N5O2. The molecule has 7 nitrogen and oxygen atoms in total. The summed E-state index contributed by atoms with van der Waals surface area (Å²) in [5.41, 5.74) is 1.89. The van der Waals surface area contributed by atoms with Crippen LogP contribution in [-0.4, -0.2) is 24.5 Å². The van der Waals surface area contributed by atoms with Crippen LogP contribution in [0.1, 0.15) is 0 Å². The zero-order valence-electron chi connectivity index (χ0n) is 14.7. The Morgan fingerprint density at radius 2 is 1.59 bits per heavy atom. The lowest BCUT2D eigenvalue weighted by molar-refractivity contribution is -0.385. The lowest BCUT2D eigenvalue weighted by atomic mass is 10.1. The molecule has 4 rings (SSSR count). The fourth-order valence-electron chi connectivity index (χ4n) is 2.88. The third-order valence-corrected chi connectivity index (χ3v) is 4.60. The first-order valence-electron chi connectivity index (χ1n) is 8.37. The van der Waals surface area contributed by atoms with Crippen molar-refractivity contribution in [2.45, 2.75) is 6.67 Å². The molecule has 2 aromatic carbocycles. The maximum Gasteiger partial charge on any atom is 0.307 e. The molecule has 0 aliphatic heterocycles. The van der Waals surface area contributed by atoms with Gasteiger partial charge < -0.3 is 0 Å². The van der Waals surface area contributed by atoms with Crippen molar-refractivity contribution >= 4 is 17.3 Å². The van der Waals surface area contributed by atoms with Crippen LogP contribution in [-0.2, 0) is 6.67 Å². The average molecular weight is 416 g/mol. The molecule has 0 saturated heterocycles. The smallest absolute Gasteiger partial charge is 0.258 e. The summed E-state index contributed by atoms with van der Waals surface area (Å²) in [6.45, 7) is 0.0292. The third-order valence-electron chi connectivity index (χ3n) is 4.24. The SMILES string of the molecule is O=[N+]([O-])c1cnn(Cn2nc(-c3ccc(F)cc3)c(Cl)c2-c2ccc(F)cc2)c1. The Morgan fingerprint density at radius 3 is 2.14 bits per heavy atom. The van der Waals surface area contributed by atoms with Gasteiger partial charge in [-0.1, -0.05) is 11.6 Å². The number of nitro groups is 1. The van der Waals surface area contributed by atoms with E-state index >= 15 is 0 Å². The zero-order valence-corrected chi connectivity index (χ0v) is 15.4. The van der Waals surface area contributed by atoms with Gasteiger partial charge in [0.25, 0.3) is 0 Å². The van der Waals surface area contributed by atoms with Gasteiger partial charge in [-0.15, -0.1) is 0 Å². The molecule has 0 fully saturated rings. The Morgan fingerprint density at radius 1 is 1.00 bits per heavy atom. The quantitative estimate of drug-likeness (QED) is 0.348. The topological polar surface area (TPSA) is 78.8 Å². The molecule has 29 heavy (non-hydrogen) atoms. The van der Waals surface area contributed by atoms with Crippen LogP contribution in [0, 0.1) is 21.7 Å². The van der Waals surface area contributed by atoms with Gasteiger partial charge in [0.1, 0.15) is 36.4 Å².